The van der Waals surface area contributed by atoms with E-state index in [-0.39, 0.29) is 6.61 Å². The molecular formula is C14H21NO2. The Morgan fingerprint density at radius 3 is 2.65 bits per heavy atom. The zero-order valence-corrected chi connectivity index (χ0v) is 10.4. The third kappa shape index (κ3) is 3.53. The van der Waals surface area contributed by atoms with Crippen molar-refractivity contribution in [3.05, 3.63) is 35.4 Å². The van der Waals surface area contributed by atoms with Gasteiger partial charge in [-0.3, -0.25) is 0 Å². The van der Waals surface area contributed by atoms with E-state index in [0.717, 1.165) is 25.1 Å². The molecule has 3 nitrogen and oxygen atoms in total. The summed E-state index contributed by atoms with van der Waals surface area (Å²) in [5.41, 5.74) is 2.20. The fourth-order valence-corrected chi connectivity index (χ4v) is 2.17. The number of hydrogen-bond donors (Lipinski definition) is 2. The Morgan fingerprint density at radius 2 is 2.06 bits per heavy atom. The van der Waals surface area contributed by atoms with E-state index in [1.807, 2.05) is 12.1 Å². The highest BCUT2D eigenvalue weighted by atomic mass is 16.5. The molecule has 1 aliphatic heterocycles. The fraction of sp³-hybridized carbons (Fsp3) is 0.571. The van der Waals surface area contributed by atoms with Gasteiger partial charge in [0.1, 0.15) is 0 Å². The van der Waals surface area contributed by atoms with Gasteiger partial charge in [0, 0.05) is 19.2 Å². The molecule has 0 aromatic heterocycles. The highest BCUT2D eigenvalue weighted by Gasteiger charge is 2.21. The number of ether oxygens (including phenoxy) is 1. The van der Waals surface area contributed by atoms with Crippen LogP contribution in [0.4, 0.5) is 0 Å². The lowest BCUT2D eigenvalue weighted by atomic mass is 10.1. The van der Waals surface area contributed by atoms with E-state index in [0.29, 0.717) is 12.1 Å². The van der Waals surface area contributed by atoms with Crippen molar-refractivity contribution in [2.24, 2.45) is 0 Å². The van der Waals surface area contributed by atoms with Gasteiger partial charge in [0.25, 0.3) is 0 Å². The minimum atomic E-state index is 0.111. The van der Waals surface area contributed by atoms with Gasteiger partial charge >= 0.3 is 0 Å². The van der Waals surface area contributed by atoms with Crippen molar-refractivity contribution in [1.82, 2.24) is 5.32 Å². The lowest BCUT2D eigenvalue weighted by Gasteiger charge is -2.20. The smallest absolute Gasteiger partial charge is 0.0726 e. The normalized spacial score (nSPS) is 21.6. The van der Waals surface area contributed by atoms with Crippen molar-refractivity contribution < 1.29 is 9.84 Å². The molecule has 17 heavy (non-hydrogen) atoms. The van der Waals surface area contributed by atoms with E-state index in [2.05, 4.69) is 24.4 Å². The molecule has 0 radical (unpaired) electrons. The third-order valence-corrected chi connectivity index (χ3v) is 3.36. The Kier molecular flexibility index (Phi) is 4.54. The van der Waals surface area contributed by atoms with Crippen molar-refractivity contribution >= 4 is 0 Å². The topological polar surface area (TPSA) is 41.5 Å². The predicted molar refractivity (Wildman–Crippen MR) is 67.6 cm³/mol. The van der Waals surface area contributed by atoms with Crippen LogP contribution in [0, 0.1) is 0 Å². The summed E-state index contributed by atoms with van der Waals surface area (Å²) in [6.45, 7) is 4.05. The van der Waals surface area contributed by atoms with E-state index in [1.165, 1.54) is 12.0 Å². The van der Waals surface area contributed by atoms with E-state index in [4.69, 9.17) is 9.84 Å². The Morgan fingerprint density at radius 1 is 1.35 bits per heavy atom. The molecule has 1 fully saturated rings. The van der Waals surface area contributed by atoms with Gasteiger partial charge < -0.3 is 15.2 Å². The number of hydrogen-bond acceptors (Lipinski definition) is 3. The molecule has 1 aromatic rings. The molecular weight excluding hydrogens is 214 g/mol. The summed E-state index contributed by atoms with van der Waals surface area (Å²) in [6.07, 6.45) is 2.71. The first-order valence-corrected chi connectivity index (χ1v) is 6.33. The zero-order valence-electron chi connectivity index (χ0n) is 10.4. The maximum absolute atomic E-state index is 8.96. The summed E-state index contributed by atoms with van der Waals surface area (Å²) in [5, 5.41) is 12.4. The van der Waals surface area contributed by atoms with Gasteiger partial charge in [0.2, 0.25) is 0 Å². The van der Waals surface area contributed by atoms with Gasteiger partial charge in [-0.25, -0.2) is 0 Å². The second kappa shape index (κ2) is 6.15. The van der Waals surface area contributed by atoms with Crippen molar-refractivity contribution in [2.45, 2.75) is 45.1 Å². The van der Waals surface area contributed by atoms with Crippen LogP contribution in [0.2, 0.25) is 0 Å². The molecule has 0 amide bonds. The van der Waals surface area contributed by atoms with Crippen LogP contribution in [-0.4, -0.2) is 23.9 Å². The SMILES string of the molecule is CC(NCc1ccc(CO)cc1)C1CCCO1. The lowest BCUT2D eigenvalue weighted by Crippen LogP contribution is -2.36. The Balaban J connectivity index is 1.80. The summed E-state index contributed by atoms with van der Waals surface area (Å²) >= 11 is 0. The van der Waals surface area contributed by atoms with Crippen molar-refractivity contribution in [3.63, 3.8) is 0 Å². The molecule has 1 heterocycles. The predicted octanol–water partition coefficient (Wildman–Crippen LogP) is 1.84. The maximum Gasteiger partial charge on any atom is 0.0726 e. The molecule has 0 spiro atoms. The quantitative estimate of drug-likeness (QED) is 0.818. The largest absolute Gasteiger partial charge is 0.392 e. The number of benzene rings is 1. The third-order valence-electron chi connectivity index (χ3n) is 3.36. The average Bonchev–Trinajstić information content (AvgIpc) is 2.90. The van der Waals surface area contributed by atoms with Crippen LogP contribution in [0.15, 0.2) is 24.3 Å². The molecule has 1 aromatic carbocycles. The first-order valence-electron chi connectivity index (χ1n) is 6.33. The van der Waals surface area contributed by atoms with Crippen LogP contribution in [0.3, 0.4) is 0 Å². The van der Waals surface area contributed by atoms with E-state index < -0.39 is 0 Å². The highest BCUT2D eigenvalue weighted by molar-refractivity contribution is 5.21. The maximum atomic E-state index is 8.96. The highest BCUT2D eigenvalue weighted by Crippen LogP contribution is 2.15. The van der Waals surface area contributed by atoms with Crippen LogP contribution < -0.4 is 5.32 Å². The summed E-state index contributed by atoms with van der Waals surface area (Å²) in [7, 11) is 0. The minimum Gasteiger partial charge on any atom is -0.392 e. The summed E-state index contributed by atoms with van der Waals surface area (Å²) in [6, 6.07) is 8.44. The van der Waals surface area contributed by atoms with E-state index in [1.54, 1.807) is 0 Å². The van der Waals surface area contributed by atoms with Crippen LogP contribution in [0.5, 0.6) is 0 Å². The van der Waals surface area contributed by atoms with Crippen LogP contribution in [0.25, 0.3) is 0 Å². The summed E-state index contributed by atoms with van der Waals surface area (Å²) < 4.78 is 5.64. The van der Waals surface area contributed by atoms with Crippen LogP contribution in [-0.2, 0) is 17.9 Å². The second-order valence-electron chi connectivity index (χ2n) is 4.70. The first kappa shape index (κ1) is 12.6. The molecule has 1 aliphatic rings. The number of rotatable bonds is 5. The molecule has 0 bridgehead atoms. The Bertz CT molecular complexity index is 331. The molecule has 2 atom stereocenters. The molecule has 2 N–H and O–H groups in total. The van der Waals surface area contributed by atoms with Crippen molar-refractivity contribution in [1.29, 1.82) is 0 Å². The molecule has 0 aliphatic carbocycles. The fourth-order valence-electron chi connectivity index (χ4n) is 2.17. The van der Waals surface area contributed by atoms with E-state index >= 15 is 0 Å². The molecule has 2 unspecified atom stereocenters. The van der Waals surface area contributed by atoms with Gasteiger partial charge in [0.05, 0.1) is 12.7 Å². The zero-order chi connectivity index (χ0) is 12.1. The minimum absolute atomic E-state index is 0.111. The van der Waals surface area contributed by atoms with Crippen LogP contribution >= 0.6 is 0 Å². The first-order chi connectivity index (χ1) is 8.29. The van der Waals surface area contributed by atoms with Crippen LogP contribution in [0.1, 0.15) is 30.9 Å². The number of aliphatic hydroxyl groups excluding tert-OH is 1. The molecule has 2 rings (SSSR count). The standard InChI is InChI=1S/C14H21NO2/c1-11(14-3-2-8-17-14)15-9-12-4-6-13(10-16)7-5-12/h4-7,11,14-16H,2-3,8-10H2,1H3. The second-order valence-corrected chi connectivity index (χ2v) is 4.70. The van der Waals surface area contributed by atoms with Gasteiger partial charge in [0.15, 0.2) is 0 Å². The Hall–Kier alpha value is -0.900. The van der Waals surface area contributed by atoms with Gasteiger partial charge in [-0.1, -0.05) is 24.3 Å². The van der Waals surface area contributed by atoms with Gasteiger partial charge in [-0.2, -0.15) is 0 Å². The number of nitrogens with one attached hydrogen (secondary N) is 1. The summed E-state index contributed by atoms with van der Waals surface area (Å²) in [5.74, 6) is 0. The summed E-state index contributed by atoms with van der Waals surface area (Å²) in [4.78, 5) is 0. The molecule has 1 saturated heterocycles. The van der Waals surface area contributed by atoms with Crippen molar-refractivity contribution in [2.75, 3.05) is 6.61 Å². The van der Waals surface area contributed by atoms with E-state index in [9.17, 15) is 0 Å². The van der Waals surface area contributed by atoms with Gasteiger partial charge in [-0.15, -0.1) is 0 Å². The molecule has 3 heteroatoms. The molecule has 94 valence electrons. The number of aliphatic hydroxyl groups is 1. The van der Waals surface area contributed by atoms with Crippen molar-refractivity contribution in [3.8, 4) is 0 Å². The Labute approximate surface area is 103 Å². The van der Waals surface area contributed by atoms with Gasteiger partial charge in [-0.05, 0) is 30.9 Å². The lowest BCUT2D eigenvalue weighted by molar-refractivity contribution is 0.0832. The monoisotopic (exact) mass is 235 g/mol. The average molecular weight is 235 g/mol. The molecule has 0 saturated carbocycles.